The average Bonchev–Trinajstić information content (AvgIpc) is 2.71. The van der Waals surface area contributed by atoms with E-state index in [1.165, 1.54) is 6.42 Å². The van der Waals surface area contributed by atoms with Crippen LogP contribution in [0.5, 0.6) is 0 Å². The Morgan fingerprint density at radius 2 is 2.15 bits per heavy atom. The van der Waals surface area contributed by atoms with Gasteiger partial charge in [0.05, 0.1) is 17.5 Å². The number of hydrogen-bond acceptors (Lipinski definition) is 3. The van der Waals surface area contributed by atoms with Crippen molar-refractivity contribution < 1.29 is 4.79 Å². The average molecular weight is 271 g/mol. The number of hydrogen-bond donors (Lipinski definition) is 1. The van der Waals surface area contributed by atoms with Crippen LogP contribution in [0.4, 0.5) is 0 Å². The number of aryl methyl sites for hydroxylation is 1. The molecule has 1 aliphatic carbocycles. The predicted molar refractivity (Wildman–Crippen MR) is 79.4 cm³/mol. The highest BCUT2D eigenvalue weighted by molar-refractivity contribution is 5.83. The SMILES string of the molecule is Cn1c(CC(=O)CC2(CN)CCC2)nc2ccccc21. The first-order valence-electron chi connectivity index (χ1n) is 7.26. The molecule has 20 heavy (non-hydrogen) atoms. The Hall–Kier alpha value is -1.68. The summed E-state index contributed by atoms with van der Waals surface area (Å²) in [7, 11) is 1.97. The lowest BCUT2D eigenvalue weighted by atomic mass is 9.66. The van der Waals surface area contributed by atoms with Gasteiger partial charge in [0.2, 0.25) is 0 Å². The largest absolute Gasteiger partial charge is 0.331 e. The van der Waals surface area contributed by atoms with Crippen molar-refractivity contribution >= 4 is 16.8 Å². The van der Waals surface area contributed by atoms with E-state index in [0.29, 0.717) is 19.4 Å². The Bertz CT molecular complexity index is 635. The van der Waals surface area contributed by atoms with Crippen LogP contribution < -0.4 is 5.73 Å². The molecule has 4 heteroatoms. The van der Waals surface area contributed by atoms with Crippen LogP contribution in [-0.2, 0) is 18.3 Å². The number of carbonyl (C=O) groups excluding carboxylic acids is 1. The lowest BCUT2D eigenvalue weighted by Gasteiger charge is -2.40. The summed E-state index contributed by atoms with van der Waals surface area (Å²) in [6.45, 7) is 0.626. The number of fused-ring (bicyclic) bond motifs is 1. The molecule has 0 atom stereocenters. The highest BCUT2D eigenvalue weighted by Gasteiger charge is 2.37. The van der Waals surface area contributed by atoms with E-state index in [0.717, 1.165) is 29.7 Å². The molecule has 0 radical (unpaired) electrons. The summed E-state index contributed by atoms with van der Waals surface area (Å²) in [6.07, 6.45) is 4.41. The van der Waals surface area contributed by atoms with Gasteiger partial charge in [-0.05, 0) is 36.9 Å². The molecule has 1 heterocycles. The monoisotopic (exact) mass is 271 g/mol. The van der Waals surface area contributed by atoms with Crippen LogP contribution in [0.1, 0.15) is 31.5 Å². The van der Waals surface area contributed by atoms with Crippen molar-refractivity contribution in [1.29, 1.82) is 0 Å². The quantitative estimate of drug-likeness (QED) is 0.907. The van der Waals surface area contributed by atoms with E-state index in [-0.39, 0.29) is 11.2 Å². The Labute approximate surface area is 119 Å². The minimum absolute atomic E-state index is 0.0850. The highest BCUT2D eigenvalue weighted by Crippen LogP contribution is 2.43. The van der Waals surface area contributed by atoms with Crippen LogP contribution in [0.15, 0.2) is 24.3 Å². The number of nitrogens with zero attached hydrogens (tertiary/aromatic N) is 2. The number of rotatable bonds is 5. The molecular formula is C16H21N3O. The molecule has 1 aromatic heterocycles. The molecule has 1 fully saturated rings. The first kappa shape index (κ1) is 13.3. The van der Waals surface area contributed by atoms with E-state index in [1.807, 2.05) is 35.9 Å². The zero-order valence-electron chi connectivity index (χ0n) is 11.9. The smallest absolute Gasteiger partial charge is 0.141 e. The van der Waals surface area contributed by atoms with E-state index >= 15 is 0 Å². The molecule has 2 aromatic rings. The van der Waals surface area contributed by atoms with Gasteiger partial charge in [0.15, 0.2) is 0 Å². The minimum atomic E-state index is 0.0850. The van der Waals surface area contributed by atoms with Gasteiger partial charge in [-0.25, -0.2) is 4.98 Å². The molecule has 1 aliphatic rings. The Morgan fingerprint density at radius 3 is 2.75 bits per heavy atom. The zero-order valence-corrected chi connectivity index (χ0v) is 11.9. The number of ketones is 1. The predicted octanol–water partition coefficient (Wildman–Crippen LogP) is 2.20. The molecular weight excluding hydrogens is 250 g/mol. The Kier molecular flexibility index (Phi) is 3.34. The topological polar surface area (TPSA) is 60.9 Å². The summed E-state index contributed by atoms with van der Waals surface area (Å²) in [4.78, 5) is 16.9. The number of imidazole rings is 1. The summed E-state index contributed by atoms with van der Waals surface area (Å²) in [5.41, 5.74) is 7.94. The van der Waals surface area contributed by atoms with Gasteiger partial charge in [0.1, 0.15) is 11.6 Å². The summed E-state index contributed by atoms with van der Waals surface area (Å²) >= 11 is 0. The minimum Gasteiger partial charge on any atom is -0.331 e. The Balaban J connectivity index is 1.76. The second-order valence-corrected chi connectivity index (χ2v) is 6.03. The van der Waals surface area contributed by atoms with Gasteiger partial charge in [-0.15, -0.1) is 0 Å². The van der Waals surface area contributed by atoms with Gasteiger partial charge in [-0.3, -0.25) is 4.79 Å². The fourth-order valence-corrected chi connectivity index (χ4v) is 3.14. The third-order valence-electron chi connectivity index (χ3n) is 4.65. The third kappa shape index (κ3) is 2.24. The normalized spacial score (nSPS) is 17.1. The van der Waals surface area contributed by atoms with Crippen molar-refractivity contribution in [2.24, 2.45) is 18.2 Å². The second-order valence-electron chi connectivity index (χ2n) is 6.03. The third-order valence-corrected chi connectivity index (χ3v) is 4.65. The van der Waals surface area contributed by atoms with Crippen LogP contribution in [-0.4, -0.2) is 21.9 Å². The van der Waals surface area contributed by atoms with Gasteiger partial charge < -0.3 is 10.3 Å². The molecule has 106 valence electrons. The molecule has 0 spiro atoms. The summed E-state index contributed by atoms with van der Waals surface area (Å²) in [5, 5.41) is 0. The molecule has 0 unspecified atom stereocenters. The first-order chi connectivity index (χ1) is 9.63. The zero-order chi connectivity index (χ0) is 14.2. The maximum atomic E-state index is 12.3. The molecule has 0 saturated heterocycles. The highest BCUT2D eigenvalue weighted by atomic mass is 16.1. The molecule has 1 aromatic carbocycles. The first-order valence-corrected chi connectivity index (χ1v) is 7.26. The molecule has 3 rings (SSSR count). The second kappa shape index (κ2) is 5.02. The molecule has 0 aliphatic heterocycles. The molecule has 2 N–H and O–H groups in total. The number of carbonyl (C=O) groups is 1. The Morgan fingerprint density at radius 1 is 1.40 bits per heavy atom. The van der Waals surface area contributed by atoms with Crippen LogP contribution in [0.25, 0.3) is 11.0 Å². The molecule has 0 amide bonds. The van der Waals surface area contributed by atoms with Gasteiger partial charge in [0.25, 0.3) is 0 Å². The maximum Gasteiger partial charge on any atom is 0.141 e. The summed E-state index contributed by atoms with van der Waals surface area (Å²) < 4.78 is 2.02. The van der Waals surface area contributed by atoms with Crippen LogP contribution in [0.2, 0.25) is 0 Å². The van der Waals surface area contributed by atoms with E-state index in [1.54, 1.807) is 0 Å². The van der Waals surface area contributed by atoms with Crippen molar-refractivity contribution in [3.05, 3.63) is 30.1 Å². The number of benzene rings is 1. The summed E-state index contributed by atoms with van der Waals surface area (Å²) in [6, 6.07) is 7.98. The van der Waals surface area contributed by atoms with Gasteiger partial charge >= 0.3 is 0 Å². The van der Waals surface area contributed by atoms with Crippen molar-refractivity contribution in [3.63, 3.8) is 0 Å². The van der Waals surface area contributed by atoms with Gasteiger partial charge in [-0.1, -0.05) is 18.6 Å². The standard InChI is InChI=1S/C16H21N3O/c1-19-14-6-3-2-5-13(14)18-15(19)9-12(20)10-16(11-17)7-4-8-16/h2-3,5-6H,4,7-11,17H2,1H3. The van der Waals surface area contributed by atoms with Crippen molar-refractivity contribution in [2.45, 2.75) is 32.1 Å². The number of aromatic nitrogens is 2. The molecule has 4 nitrogen and oxygen atoms in total. The molecule has 1 saturated carbocycles. The maximum absolute atomic E-state index is 12.3. The van der Waals surface area contributed by atoms with Crippen molar-refractivity contribution in [1.82, 2.24) is 9.55 Å². The van der Waals surface area contributed by atoms with Crippen molar-refractivity contribution in [2.75, 3.05) is 6.54 Å². The van der Waals surface area contributed by atoms with Gasteiger partial charge in [-0.2, -0.15) is 0 Å². The number of Topliss-reactive ketones (excluding diaryl/α,β-unsaturated/α-hetero) is 1. The van der Waals surface area contributed by atoms with Crippen molar-refractivity contribution in [3.8, 4) is 0 Å². The number of nitrogens with two attached hydrogens (primary N) is 1. The molecule has 0 bridgehead atoms. The van der Waals surface area contributed by atoms with E-state index < -0.39 is 0 Å². The lowest BCUT2D eigenvalue weighted by molar-refractivity contribution is -0.122. The van der Waals surface area contributed by atoms with E-state index in [4.69, 9.17) is 5.73 Å². The summed E-state index contributed by atoms with van der Waals surface area (Å²) in [5.74, 6) is 1.11. The van der Waals surface area contributed by atoms with E-state index in [2.05, 4.69) is 4.98 Å². The fraction of sp³-hybridized carbons (Fsp3) is 0.500. The van der Waals surface area contributed by atoms with Crippen LogP contribution >= 0.6 is 0 Å². The van der Waals surface area contributed by atoms with Crippen LogP contribution in [0.3, 0.4) is 0 Å². The number of para-hydroxylation sites is 2. The van der Waals surface area contributed by atoms with Crippen LogP contribution in [0, 0.1) is 5.41 Å². The van der Waals surface area contributed by atoms with E-state index in [9.17, 15) is 4.79 Å². The lowest BCUT2D eigenvalue weighted by Crippen LogP contribution is -2.39. The van der Waals surface area contributed by atoms with Gasteiger partial charge in [0, 0.05) is 13.5 Å². The fourth-order valence-electron chi connectivity index (χ4n) is 3.14.